The highest BCUT2D eigenvalue weighted by atomic mass is 35.5. The molecule has 0 aromatic heterocycles. The van der Waals surface area contributed by atoms with Crippen LogP contribution in [-0.2, 0) is 23.5 Å². The van der Waals surface area contributed by atoms with Gasteiger partial charge in [-0.3, -0.25) is 9.00 Å². The van der Waals surface area contributed by atoms with E-state index in [9.17, 15) is 22.2 Å². The zero-order valence-corrected chi connectivity index (χ0v) is 19.0. The van der Waals surface area contributed by atoms with Crippen molar-refractivity contribution in [2.75, 3.05) is 18.8 Å². The Morgan fingerprint density at radius 2 is 1.94 bits per heavy atom. The van der Waals surface area contributed by atoms with Crippen molar-refractivity contribution >= 4 is 28.3 Å². The molecule has 174 valence electrons. The minimum absolute atomic E-state index is 0.0187. The summed E-state index contributed by atoms with van der Waals surface area (Å²) in [5.41, 5.74) is -0.581. The first-order valence-corrected chi connectivity index (χ1v) is 11.9. The number of ether oxygens (including phenoxy) is 1. The monoisotopic (exact) mass is 488 g/mol. The molecule has 0 spiro atoms. The maximum Gasteiger partial charge on any atom is 0.419 e. The van der Waals surface area contributed by atoms with Crippen LogP contribution < -0.4 is 15.4 Å². The fraction of sp³-hybridized carbons (Fsp3) is 0.409. The van der Waals surface area contributed by atoms with E-state index in [-0.39, 0.29) is 24.0 Å². The van der Waals surface area contributed by atoms with Crippen molar-refractivity contribution in [3.05, 3.63) is 58.1 Å². The van der Waals surface area contributed by atoms with Crippen LogP contribution in [0, 0.1) is 0 Å². The Bertz CT molecular complexity index is 995. The van der Waals surface area contributed by atoms with Gasteiger partial charge < -0.3 is 15.4 Å². The van der Waals surface area contributed by atoms with Gasteiger partial charge >= 0.3 is 6.18 Å². The van der Waals surface area contributed by atoms with Crippen LogP contribution in [-0.4, -0.2) is 35.1 Å². The average molecular weight is 489 g/mol. The van der Waals surface area contributed by atoms with E-state index in [1.54, 1.807) is 25.1 Å². The molecule has 1 unspecified atom stereocenters. The lowest BCUT2D eigenvalue weighted by atomic mass is 10.1. The van der Waals surface area contributed by atoms with Gasteiger partial charge in [0.2, 0.25) is 0 Å². The van der Waals surface area contributed by atoms with Gasteiger partial charge in [0.1, 0.15) is 11.9 Å². The van der Waals surface area contributed by atoms with Crippen molar-refractivity contribution < 1.29 is 26.9 Å². The van der Waals surface area contributed by atoms with Crippen LogP contribution >= 0.6 is 11.6 Å². The maximum atomic E-state index is 13.6. The molecule has 1 fully saturated rings. The highest BCUT2D eigenvalue weighted by molar-refractivity contribution is 7.85. The maximum absolute atomic E-state index is 13.6. The van der Waals surface area contributed by atoms with Crippen molar-refractivity contribution in [1.29, 1.82) is 0 Å². The molecule has 3 rings (SSSR count). The summed E-state index contributed by atoms with van der Waals surface area (Å²) in [7, 11) is -1.27. The van der Waals surface area contributed by atoms with Crippen LogP contribution in [0.15, 0.2) is 41.3 Å². The Balaban J connectivity index is 1.78. The predicted octanol–water partition coefficient (Wildman–Crippen LogP) is 4.55. The number of alkyl halides is 3. The van der Waals surface area contributed by atoms with Crippen molar-refractivity contribution in [1.82, 2.24) is 10.6 Å². The van der Waals surface area contributed by atoms with Gasteiger partial charge in [-0.2, -0.15) is 13.2 Å². The molecule has 1 heterocycles. The smallest absolute Gasteiger partial charge is 0.419 e. The first-order chi connectivity index (χ1) is 15.2. The second-order valence-electron chi connectivity index (χ2n) is 7.34. The highest BCUT2D eigenvalue weighted by Crippen LogP contribution is 2.37. The van der Waals surface area contributed by atoms with E-state index in [0.29, 0.717) is 47.2 Å². The van der Waals surface area contributed by atoms with E-state index < -0.39 is 28.4 Å². The van der Waals surface area contributed by atoms with Gasteiger partial charge in [0.25, 0.3) is 5.91 Å². The quantitative estimate of drug-likeness (QED) is 0.600. The van der Waals surface area contributed by atoms with Crippen molar-refractivity contribution in [2.45, 2.75) is 43.5 Å². The van der Waals surface area contributed by atoms with Gasteiger partial charge in [0.05, 0.1) is 16.4 Å². The largest absolute Gasteiger partial charge is 0.490 e. The Morgan fingerprint density at radius 1 is 1.22 bits per heavy atom. The molecule has 2 aromatic rings. The minimum Gasteiger partial charge on any atom is -0.490 e. The summed E-state index contributed by atoms with van der Waals surface area (Å²) in [6.07, 6.45) is -3.75. The summed E-state index contributed by atoms with van der Waals surface area (Å²) in [6, 6.07) is 8.11. The van der Waals surface area contributed by atoms with E-state index in [0.717, 1.165) is 6.07 Å². The van der Waals surface area contributed by atoms with Gasteiger partial charge in [-0.05, 0) is 67.9 Å². The standard InChI is InChI=1S/C22H24ClF3N2O3S/c1-2-32(30)20-6-4-16(23)11-15(20)13-28-21(29)14-3-5-19(18(12-14)22(24,25)26)31-17-7-9-27-10-8-17/h3-6,11-12,17,27H,2,7-10,13H2,1H3,(H,28,29). The van der Waals surface area contributed by atoms with Gasteiger partial charge in [-0.25, -0.2) is 0 Å². The molecule has 10 heteroatoms. The summed E-state index contributed by atoms with van der Waals surface area (Å²) < 4.78 is 58.8. The number of benzene rings is 2. The number of hydrogen-bond donors (Lipinski definition) is 2. The molecule has 0 bridgehead atoms. The van der Waals surface area contributed by atoms with Gasteiger partial charge in [0.15, 0.2) is 0 Å². The molecule has 1 saturated heterocycles. The molecule has 2 N–H and O–H groups in total. The van der Waals surface area contributed by atoms with E-state index in [1.807, 2.05) is 0 Å². The summed E-state index contributed by atoms with van der Waals surface area (Å²) in [5, 5.41) is 6.13. The van der Waals surface area contributed by atoms with Crippen molar-refractivity contribution in [3.8, 4) is 5.75 Å². The first-order valence-electron chi connectivity index (χ1n) is 10.2. The molecule has 1 amide bonds. The number of piperidine rings is 1. The summed E-state index contributed by atoms with van der Waals surface area (Å²) in [4.78, 5) is 13.1. The Morgan fingerprint density at radius 3 is 2.59 bits per heavy atom. The second-order valence-corrected chi connectivity index (χ2v) is 9.49. The molecule has 1 atom stereocenters. The first kappa shape index (κ1) is 24.5. The highest BCUT2D eigenvalue weighted by Gasteiger charge is 2.36. The zero-order chi connectivity index (χ0) is 23.3. The van der Waals surface area contributed by atoms with Gasteiger partial charge in [0, 0.05) is 27.8 Å². The van der Waals surface area contributed by atoms with Crippen molar-refractivity contribution in [2.24, 2.45) is 0 Å². The third-order valence-electron chi connectivity index (χ3n) is 5.10. The van der Waals surface area contributed by atoms with Crippen molar-refractivity contribution in [3.63, 3.8) is 0 Å². The SMILES string of the molecule is CCS(=O)c1ccc(Cl)cc1CNC(=O)c1ccc(OC2CCNCC2)c(C(F)(F)F)c1. The van der Waals surface area contributed by atoms with Crippen LogP contribution in [0.5, 0.6) is 5.75 Å². The summed E-state index contributed by atoms with van der Waals surface area (Å²) >= 11 is 6.01. The molecule has 0 aliphatic carbocycles. The Hall–Kier alpha value is -2.10. The molecule has 0 radical (unpaired) electrons. The lowest BCUT2D eigenvalue weighted by Crippen LogP contribution is -2.34. The van der Waals surface area contributed by atoms with E-state index in [1.165, 1.54) is 12.1 Å². The number of carbonyl (C=O) groups excluding carboxylic acids is 1. The lowest BCUT2D eigenvalue weighted by Gasteiger charge is -2.25. The molecule has 5 nitrogen and oxygen atoms in total. The summed E-state index contributed by atoms with van der Waals surface area (Å²) in [6.45, 7) is 3.11. The number of rotatable bonds is 7. The molecule has 1 aliphatic rings. The fourth-order valence-electron chi connectivity index (χ4n) is 3.43. The predicted molar refractivity (Wildman–Crippen MR) is 118 cm³/mol. The number of hydrogen-bond acceptors (Lipinski definition) is 4. The zero-order valence-electron chi connectivity index (χ0n) is 17.4. The second kappa shape index (κ2) is 10.7. The third-order valence-corrected chi connectivity index (χ3v) is 6.74. The Kier molecular flexibility index (Phi) is 8.19. The number of amides is 1. The van der Waals surface area contributed by atoms with E-state index in [4.69, 9.17) is 16.3 Å². The molecule has 0 saturated carbocycles. The fourth-order valence-corrected chi connectivity index (χ4v) is 4.58. The lowest BCUT2D eigenvalue weighted by molar-refractivity contribution is -0.139. The normalized spacial score (nSPS) is 15.9. The van der Waals surface area contributed by atoms with E-state index in [2.05, 4.69) is 10.6 Å². The molecule has 1 aliphatic heterocycles. The van der Waals surface area contributed by atoms with E-state index >= 15 is 0 Å². The van der Waals surface area contributed by atoms with Crippen LogP contribution in [0.3, 0.4) is 0 Å². The number of carbonyl (C=O) groups is 1. The third kappa shape index (κ3) is 6.24. The molecule has 2 aromatic carbocycles. The van der Waals surface area contributed by atoms with Crippen LogP contribution in [0.25, 0.3) is 0 Å². The number of nitrogens with one attached hydrogen (secondary N) is 2. The minimum atomic E-state index is -4.67. The topological polar surface area (TPSA) is 67.4 Å². The van der Waals surface area contributed by atoms with Crippen LogP contribution in [0.4, 0.5) is 13.2 Å². The number of halogens is 4. The molecular formula is C22H24ClF3N2O3S. The Labute approximate surface area is 192 Å². The van der Waals surface area contributed by atoms with Crippen LogP contribution in [0.1, 0.15) is 41.3 Å². The van der Waals surface area contributed by atoms with Crippen LogP contribution in [0.2, 0.25) is 5.02 Å². The van der Waals surface area contributed by atoms with Gasteiger partial charge in [-0.1, -0.05) is 18.5 Å². The average Bonchev–Trinajstić information content (AvgIpc) is 2.77. The van der Waals surface area contributed by atoms with Gasteiger partial charge in [-0.15, -0.1) is 0 Å². The molecular weight excluding hydrogens is 465 g/mol. The molecule has 32 heavy (non-hydrogen) atoms. The summed E-state index contributed by atoms with van der Waals surface area (Å²) in [5.74, 6) is -0.579.